The van der Waals surface area contributed by atoms with Gasteiger partial charge >= 0.3 is 0 Å². The number of aliphatic hydroxyl groups excluding tert-OH is 1. The Morgan fingerprint density at radius 3 is 2.92 bits per heavy atom. The number of thiophene rings is 1. The number of para-hydroxylation sites is 1. The highest BCUT2D eigenvalue weighted by atomic mass is 35.5. The molecule has 0 amide bonds. The average Bonchev–Trinajstić information content (AvgIpc) is 3.26. The molecular weight excluding hydrogens is 370 g/mol. The highest BCUT2D eigenvalue weighted by Crippen LogP contribution is 2.24. The van der Waals surface area contributed by atoms with Crippen LogP contribution in [-0.4, -0.2) is 48.5 Å². The summed E-state index contributed by atoms with van der Waals surface area (Å²) in [6.07, 6.45) is 1.88. The summed E-state index contributed by atoms with van der Waals surface area (Å²) in [7, 11) is 0. The molecule has 2 atom stereocenters. The number of benzene rings is 1. The van der Waals surface area contributed by atoms with Gasteiger partial charge in [-0.1, -0.05) is 23.7 Å². The average molecular weight is 396 g/mol. The van der Waals surface area contributed by atoms with E-state index in [-0.39, 0.29) is 12.7 Å². The molecule has 1 fully saturated rings. The van der Waals surface area contributed by atoms with Gasteiger partial charge in [-0.2, -0.15) is 0 Å². The van der Waals surface area contributed by atoms with E-state index in [0.717, 1.165) is 32.5 Å². The first kappa shape index (κ1) is 19.6. The molecular formula is C20H26ClNO3S. The third kappa shape index (κ3) is 5.69. The molecule has 0 spiro atoms. The van der Waals surface area contributed by atoms with Gasteiger partial charge in [-0.05, 0) is 48.9 Å². The van der Waals surface area contributed by atoms with Crippen molar-refractivity contribution in [3.8, 4) is 5.75 Å². The van der Waals surface area contributed by atoms with Crippen LogP contribution in [0.5, 0.6) is 5.75 Å². The van der Waals surface area contributed by atoms with E-state index < -0.39 is 6.10 Å². The Labute approximate surface area is 164 Å². The van der Waals surface area contributed by atoms with Crippen molar-refractivity contribution < 1.29 is 14.6 Å². The molecule has 2 aromatic rings. The molecule has 0 aliphatic carbocycles. The molecule has 3 rings (SSSR count). The van der Waals surface area contributed by atoms with Gasteiger partial charge in [0.15, 0.2) is 0 Å². The largest absolute Gasteiger partial charge is 0.489 e. The second-order valence-electron chi connectivity index (χ2n) is 6.75. The van der Waals surface area contributed by atoms with Crippen LogP contribution in [-0.2, 0) is 11.3 Å². The Balaban J connectivity index is 1.56. The molecule has 2 unspecified atom stereocenters. The minimum absolute atomic E-state index is 0.217. The molecule has 1 saturated heterocycles. The first-order valence-electron chi connectivity index (χ1n) is 9.04. The second kappa shape index (κ2) is 9.72. The van der Waals surface area contributed by atoms with E-state index in [4.69, 9.17) is 21.1 Å². The van der Waals surface area contributed by atoms with Crippen LogP contribution in [0.1, 0.15) is 23.3 Å². The molecule has 4 nitrogen and oxygen atoms in total. The van der Waals surface area contributed by atoms with Crippen molar-refractivity contribution in [2.24, 2.45) is 0 Å². The number of hydrogen-bond donors (Lipinski definition) is 1. The Bertz CT molecular complexity index is 687. The molecule has 142 valence electrons. The number of aryl methyl sites for hydroxylation is 1. The topological polar surface area (TPSA) is 41.9 Å². The van der Waals surface area contributed by atoms with E-state index in [0.29, 0.717) is 17.3 Å². The maximum atomic E-state index is 10.5. The van der Waals surface area contributed by atoms with Gasteiger partial charge in [-0.3, -0.25) is 4.90 Å². The lowest BCUT2D eigenvalue weighted by atomic mass is 10.2. The highest BCUT2D eigenvalue weighted by molar-refractivity contribution is 7.10. The molecule has 1 aliphatic rings. The number of aliphatic hydroxyl groups is 1. The van der Waals surface area contributed by atoms with Gasteiger partial charge in [-0.25, -0.2) is 0 Å². The Hall–Kier alpha value is -1.11. The molecule has 6 heteroatoms. The van der Waals surface area contributed by atoms with Crippen molar-refractivity contribution in [1.29, 1.82) is 0 Å². The number of halogens is 1. The Kier molecular flexibility index (Phi) is 7.34. The van der Waals surface area contributed by atoms with E-state index >= 15 is 0 Å². The first-order chi connectivity index (χ1) is 12.6. The Morgan fingerprint density at radius 1 is 1.38 bits per heavy atom. The van der Waals surface area contributed by atoms with E-state index in [1.165, 1.54) is 10.4 Å². The summed E-state index contributed by atoms with van der Waals surface area (Å²) in [5.74, 6) is 0.605. The molecule has 1 aromatic carbocycles. The second-order valence-corrected chi connectivity index (χ2v) is 8.16. The van der Waals surface area contributed by atoms with Crippen molar-refractivity contribution >= 4 is 22.9 Å². The molecule has 26 heavy (non-hydrogen) atoms. The third-order valence-corrected chi connectivity index (χ3v) is 5.88. The van der Waals surface area contributed by atoms with Gasteiger partial charge in [0.05, 0.1) is 11.1 Å². The maximum absolute atomic E-state index is 10.5. The summed E-state index contributed by atoms with van der Waals surface area (Å²) in [6.45, 7) is 5.39. The summed E-state index contributed by atoms with van der Waals surface area (Å²) in [5, 5.41) is 13.2. The predicted molar refractivity (Wildman–Crippen MR) is 106 cm³/mol. The smallest absolute Gasteiger partial charge is 0.138 e. The predicted octanol–water partition coefficient (Wildman–Crippen LogP) is 4.13. The molecule has 1 aliphatic heterocycles. The van der Waals surface area contributed by atoms with Crippen LogP contribution in [0.4, 0.5) is 0 Å². The van der Waals surface area contributed by atoms with Crippen molar-refractivity contribution in [3.63, 3.8) is 0 Å². The van der Waals surface area contributed by atoms with Gasteiger partial charge in [0.2, 0.25) is 0 Å². The van der Waals surface area contributed by atoms with Gasteiger partial charge in [-0.15, -0.1) is 11.3 Å². The van der Waals surface area contributed by atoms with Crippen molar-refractivity contribution in [1.82, 2.24) is 4.90 Å². The Morgan fingerprint density at radius 2 is 2.23 bits per heavy atom. The molecule has 1 N–H and O–H groups in total. The summed E-state index contributed by atoms with van der Waals surface area (Å²) in [4.78, 5) is 3.61. The van der Waals surface area contributed by atoms with Crippen LogP contribution < -0.4 is 4.74 Å². The van der Waals surface area contributed by atoms with Crippen LogP contribution in [0.25, 0.3) is 0 Å². The number of ether oxygens (including phenoxy) is 2. The van der Waals surface area contributed by atoms with Gasteiger partial charge in [0.1, 0.15) is 18.5 Å². The summed E-state index contributed by atoms with van der Waals surface area (Å²) >= 11 is 7.87. The normalized spacial score (nSPS) is 18.4. The number of nitrogens with zero attached hydrogens (tertiary/aromatic N) is 1. The van der Waals surface area contributed by atoms with Gasteiger partial charge < -0.3 is 14.6 Å². The van der Waals surface area contributed by atoms with Crippen LogP contribution >= 0.6 is 22.9 Å². The zero-order valence-electron chi connectivity index (χ0n) is 15.1. The SMILES string of the molecule is Cc1ccsc1CN(CC(O)COc1ccccc1Cl)CC1CCCO1. The fourth-order valence-electron chi connectivity index (χ4n) is 3.15. The lowest BCUT2D eigenvalue weighted by Crippen LogP contribution is -2.39. The van der Waals surface area contributed by atoms with Crippen LogP contribution in [0.2, 0.25) is 5.02 Å². The zero-order valence-corrected chi connectivity index (χ0v) is 16.6. The number of rotatable bonds is 9. The summed E-state index contributed by atoms with van der Waals surface area (Å²) < 4.78 is 11.5. The van der Waals surface area contributed by atoms with E-state index in [9.17, 15) is 5.11 Å². The maximum Gasteiger partial charge on any atom is 0.138 e. The molecule has 0 radical (unpaired) electrons. The van der Waals surface area contributed by atoms with Crippen molar-refractivity contribution in [3.05, 3.63) is 51.2 Å². The highest BCUT2D eigenvalue weighted by Gasteiger charge is 2.22. The summed E-state index contributed by atoms with van der Waals surface area (Å²) in [6, 6.07) is 9.47. The lowest BCUT2D eigenvalue weighted by molar-refractivity contribution is 0.0317. The lowest BCUT2D eigenvalue weighted by Gasteiger charge is -2.27. The van der Waals surface area contributed by atoms with Crippen LogP contribution in [0.3, 0.4) is 0 Å². The first-order valence-corrected chi connectivity index (χ1v) is 10.3. The fourth-order valence-corrected chi connectivity index (χ4v) is 4.29. The molecule has 1 aromatic heterocycles. The van der Waals surface area contributed by atoms with Crippen LogP contribution in [0.15, 0.2) is 35.7 Å². The monoisotopic (exact) mass is 395 g/mol. The van der Waals surface area contributed by atoms with Gasteiger partial charge in [0, 0.05) is 31.1 Å². The minimum Gasteiger partial charge on any atom is -0.489 e. The van der Waals surface area contributed by atoms with Crippen molar-refractivity contribution in [2.75, 3.05) is 26.3 Å². The van der Waals surface area contributed by atoms with E-state index in [1.54, 1.807) is 17.4 Å². The zero-order chi connectivity index (χ0) is 18.4. The van der Waals surface area contributed by atoms with E-state index in [1.807, 2.05) is 18.2 Å². The standard InChI is InChI=1S/C20H26ClNO3S/c1-15-8-10-26-20(15)13-22(12-17-5-4-9-24-17)11-16(23)14-25-19-7-3-2-6-18(19)21/h2-3,6-8,10,16-17,23H,4-5,9,11-14H2,1H3. The van der Waals surface area contributed by atoms with Crippen molar-refractivity contribution in [2.45, 2.75) is 38.5 Å². The third-order valence-electron chi connectivity index (χ3n) is 4.56. The van der Waals surface area contributed by atoms with Gasteiger partial charge in [0.25, 0.3) is 0 Å². The quantitative estimate of drug-likeness (QED) is 0.693. The molecule has 2 heterocycles. The fraction of sp³-hybridized carbons (Fsp3) is 0.500. The number of hydrogen-bond acceptors (Lipinski definition) is 5. The molecule has 0 saturated carbocycles. The van der Waals surface area contributed by atoms with Crippen LogP contribution in [0, 0.1) is 6.92 Å². The minimum atomic E-state index is -0.590. The summed E-state index contributed by atoms with van der Waals surface area (Å²) in [5.41, 5.74) is 1.30. The van der Waals surface area contributed by atoms with E-state index in [2.05, 4.69) is 23.3 Å². The molecule has 0 bridgehead atoms.